The Labute approximate surface area is 72.6 Å². The Morgan fingerprint density at radius 2 is 2.00 bits per heavy atom. The zero-order chi connectivity index (χ0) is 8.81. The highest BCUT2D eigenvalue weighted by atomic mass is 16.1. The Bertz CT molecular complexity index is 243. The molecule has 1 aromatic carbocycles. The van der Waals surface area contributed by atoms with Crippen LogP contribution in [-0.2, 0) is 4.79 Å². The van der Waals surface area contributed by atoms with Crippen molar-refractivity contribution in [1.29, 1.82) is 0 Å². The standard InChI is InChI=1S/C10H13NO/c1-2-10(12)8-11-9-6-4-3-5-7-9/h3-7,11H,2,8H2,1H3. The average Bonchev–Trinajstić information content (AvgIpc) is 2.16. The van der Waals surface area contributed by atoms with Crippen molar-refractivity contribution in [3.8, 4) is 0 Å². The lowest BCUT2D eigenvalue weighted by Gasteiger charge is -2.02. The van der Waals surface area contributed by atoms with E-state index in [2.05, 4.69) is 5.32 Å². The second-order valence-corrected chi connectivity index (χ2v) is 2.61. The highest BCUT2D eigenvalue weighted by Crippen LogP contribution is 2.03. The monoisotopic (exact) mass is 163 g/mol. The van der Waals surface area contributed by atoms with Gasteiger partial charge in [0, 0.05) is 12.1 Å². The Hall–Kier alpha value is -1.31. The molecule has 0 aliphatic rings. The third kappa shape index (κ3) is 2.74. The van der Waals surface area contributed by atoms with Gasteiger partial charge in [-0.15, -0.1) is 0 Å². The van der Waals surface area contributed by atoms with E-state index in [-0.39, 0.29) is 5.78 Å². The van der Waals surface area contributed by atoms with Crippen molar-refractivity contribution >= 4 is 11.5 Å². The number of Topliss-reactive ketones (excluding diaryl/α,β-unsaturated/α-hetero) is 1. The first-order chi connectivity index (χ1) is 5.83. The van der Waals surface area contributed by atoms with E-state index in [4.69, 9.17) is 0 Å². The average molecular weight is 163 g/mol. The summed E-state index contributed by atoms with van der Waals surface area (Å²) in [5.41, 5.74) is 0.999. The van der Waals surface area contributed by atoms with Crippen molar-refractivity contribution in [2.24, 2.45) is 0 Å². The fourth-order valence-electron chi connectivity index (χ4n) is 0.882. The van der Waals surface area contributed by atoms with Gasteiger partial charge in [-0.25, -0.2) is 0 Å². The zero-order valence-corrected chi connectivity index (χ0v) is 7.21. The predicted molar refractivity (Wildman–Crippen MR) is 50.2 cm³/mol. The molecule has 0 aliphatic heterocycles. The smallest absolute Gasteiger partial charge is 0.151 e. The van der Waals surface area contributed by atoms with E-state index in [1.54, 1.807) is 0 Å². The molecule has 0 fully saturated rings. The van der Waals surface area contributed by atoms with Crippen LogP contribution >= 0.6 is 0 Å². The van der Waals surface area contributed by atoms with Gasteiger partial charge in [0.1, 0.15) is 0 Å². The third-order valence-corrected chi connectivity index (χ3v) is 1.66. The minimum absolute atomic E-state index is 0.235. The first-order valence-corrected chi connectivity index (χ1v) is 4.13. The summed E-state index contributed by atoms with van der Waals surface area (Å²) in [5.74, 6) is 0.235. The van der Waals surface area contributed by atoms with E-state index in [9.17, 15) is 4.79 Å². The van der Waals surface area contributed by atoms with E-state index < -0.39 is 0 Å². The normalized spacial score (nSPS) is 9.42. The zero-order valence-electron chi connectivity index (χ0n) is 7.21. The van der Waals surface area contributed by atoms with Crippen LogP contribution in [0.15, 0.2) is 30.3 Å². The van der Waals surface area contributed by atoms with Crippen LogP contribution in [0.5, 0.6) is 0 Å². The summed E-state index contributed by atoms with van der Waals surface area (Å²) in [4.78, 5) is 10.9. The number of carbonyl (C=O) groups excluding carboxylic acids is 1. The molecule has 64 valence electrons. The second-order valence-electron chi connectivity index (χ2n) is 2.61. The number of anilines is 1. The van der Waals surface area contributed by atoms with Gasteiger partial charge in [0.05, 0.1) is 6.54 Å². The summed E-state index contributed by atoms with van der Waals surface area (Å²) < 4.78 is 0. The summed E-state index contributed by atoms with van der Waals surface area (Å²) in [5, 5.41) is 3.05. The number of benzene rings is 1. The molecule has 0 amide bonds. The number of ketones is 1. The van der Waals surface area contributed by atoms with Crippen molar-refractivity contribution in [3.63, 3.8) is 0 Å². The van der Waals surface area contributed by atoms with E-state index >= 15 is 0 Å². The molecule has 2 nitrogen and oxygen atoms in total. The molecular formula is C10H13NO. The van der Waals surface area contributed by atoms with Crippen LogP contribution in [0.4, 0.5) is 5.69 Å². The molecule has 0 saturated heterocycles. The first kappa shape index (κ1) is 8.78. The number of rotatable bonds is 4. The van der Waals surface area contributed by atoms with E-state index in [1.165, 1.54) is 0 Å². The summed E-state index contributed by atoms with van der Waals surface area (Å²) in [7, 11) is 0. The maximum absolute atomic E-state index is 10.9. The fourth-order valence-corrected chi connectivity index (χ4v) is 0.882. The second kappa shape index (κ2) is 4.54. The molecule has 0 saturated carbocycles. The fraction of sp³-hybridized carbons (Fsp3) is 0.300. The number of hydrogen-bond acceptors (Lipinski definition) is 2. The van der Waals surface area contributed by atoms with Gasteiger partial charge in [-0.2, -0.15) is 0 Å². The lowest BCUT2D eigenvalue weighted by molar-refractivity contribution is -0.117. The minimum Gasteiger partial charge on any atom is -0.378 e. The molecule has 0 radical (unpaired) electrons. The maximum atomic E-state index is 10.9. The Kier molecular flexibility index (Phi) is 3.33. The molecule has 0 unspecified atom stereocenters. The van der Waals surface area contributed by atoms with Gasteiger partial charge in [-0.05, 0) is 12.1 Å². The largest absolute Gasteiger partial charge is 0.378 e. The van der Waals surface area contributed by atoms with Crippen LogP contribution in [0.2, 0.25) is 0 Å². The molecule has 1 N–H and O–H groups in total. The number of para-hydroxylation sites is 1. The predicted octanol–water partition coefficient (Wildman–Crippen LogP) is 2.08. The van der Waals surface area contributed by atoms with Crippen LogP contribution < -0.4 is 5.32 Å². The van der Waals surface area contributed by atoms with Crippen LogP contribution in [0.1, 0.15) is 13.3 Å². The molecule has 0 aliphatic carbocycles. The molecule has 0 bridgehead atoms. The van der Waals surface area contributed by atoms with Gasteiger partial charge >= 0.3 is 0 Å². The molecule has 12 heavy (non-hydrogen) atoms. The van der Waals surface area contributed by atoms with Gasteiger partial charge < -0.3 is 5.32 Å². The first-order valence-electron chi connectivity index (χ1n) is 4.13. The lowest BCUT2D eigenvalue weighted by atomic mass is 10.3. The van der Waals surface area contributed by atoms with Gasteiger partial charge in [0.15, 0.2) is 5.78 Å². The Morgan fingerprint density at radius 1 is 1.33 bits per heavy atom. The lowest BCUT2D eigenvalue weighted by Crippen LogP contribution is -2.11. The quantitative estimate of drug-likeness (QED) is 0.736. The van der Waals surface area contributed by atoms with Gasteiger partial charge in [0.2, 0.25) is 0 Å². The van der Waals surface area contributed by atoms with Crippen molar-refractivity contribution < 1.29 is 4.79 Å². The number of nitrogens with one attached hydrogen (secondary N) is 1. The summed E-state index contributed by atoms with van der Waals surface area (Å²) in [6.07, 6.45) is 0.597. The topological polar surface area (TPSA) is 29.1 Å². The third-order valence-electron chi connectivity index (χ3n) is 1.66. The molecule has 0 heterocycles. The van der Waals surface area contributed by atoms with E-state index in [0.29, 0.717) is 13.0 Å². The molecule has 1 aromatic rings. The summed E-state index contributed by atoms with van der Waals surface area (Å²) in [6.45, 7) is 2.30. The van der Waals surface area contributed by atoms with Crippen molar-refractivity contribution in [2.75, 3.05) is 11.9 Å². The molecule has 2 heteroatoms. The maximum Gasteiger partial charge on any atom is 0.151 e. The van der Waals surface area contributed by atoms with Crippen LogP contribution in [-0.4, -0.2) is 12.3 Å². The molecule has 0 spiro atoms. The van der Waals surface area contributed by atoms with Gasteiger partial charge in [-0.1, -0.05) is 25.1 Å². The van der Waals surface area contributed by atoms with E-state index in [0.717, 1.165) is 5.69 Å². The van der Waals surface area contributed by atoms with Crippen molar-refractivity contribution in [3.05, 3.63) is 30.3 Å². The molecule has 0 atom stereocenters. The molecule has 0 aromatic heterocycles. The highest BCUT2D eigenvalue weighted by molar-refractivity contribution is 5.82. The van der Waals surface area contributed by atoms with Gasteiger partial charge in [-0.3, -0.25) is 4.79 Å². The number of carbonyl (C=O) groups is 1. The molecule has 1 rings (SSSR count). The van der Waals surface area contributed by atoms with E-state index in [1.807, 2.05) is 37.3 Å². The SMILES string of the molecule is CCC(=O)CNc1ccccc1. The Morgan fingerprint density at radius 3 is 2.58 bits per heavy atom. The van der Waals surface area contributed by atoms with Gasteiger partial charge in [0.25, 0.3) is 0 Å². The highest BCUT2D eigenvalue weighted by Gasteiger charge is 1.95. The summed E-state index contributed by atoms with van der Waals surface area (Å²) >= 11 is 0. The Balaban J connectivity index is 2.38. The van der Waals surface area contributed by atoms with Crippen LogP contribution in [0, 0.1) is 0 Å². The number of hydrogen-bond donors (Lipinski definition) is 1. The van der Waals surface area contributed by atoms with Crippen molar-refractivity contribution in [2.45, 2.75) is 13.3 Å². The van der Waals surface area contributed by atoms with Crippen LogP contribution in [0.3, 0.4) is 0 Å². The minimum atomic E-state index is 0.235. The molecular weight excluding hydrogens is 150 g/mol. The summed E-state index contributed by atoms with van der Waals surface area (Å²) in [6, 6.07) is 9.73. The van der Waals surface area contributed by atoms with Crippen LogP contribution in [0.25, 0.3) is 0 Å². The van der Waals surface area contributed by atoms with Crippen molar-refractivity contribution in [1.82, 2.24) is 0 Å².